The maximum absolute atomic E-state index is 10.4. The number of aliphatic hydroxyl groups is 2. The van der Waals surface area contributed by atoms with Crippen molar-refractivity contribution < 1.29 is 24.5 Å². The Kier molecular flexibility index (Phi) is 11.3. The van der Waals surface area contributed by atoms with Gasteiger partial charge >= 0.3 is 5.97 Å². The summed E-state index contributed by atoms with van der Waals surface area (Å²) in [7, 11) is 0. The molecular weight excluding hydrogens is 188 g/mol. The van der Waals surface area contributed by atoms with E-state index in [0.717, 1.165) is 0 Å². The van der Waals surface area contributed by atoms with Gasteiger partial charge in [0, 0.05) is 0 Å². The molecule has 84 valence electrons. The zero-order valence-electron chi connectivity index (χ0n) is 8.82. The highest BCUT2D eigenvalue weighted by Gasteiger charge is 2.03. The topological polar surface area (TPSA) is 83.8 Å². The first-order chi connectivity index (χ1) is 6.43. The molecule has 0 saturated carbocycles. The maximum Gasteiger partial charge on any atom is 0.313 e. The Morgan fingerprint density at radius 2 is 1.86 bits per heavy atom. The Hall–Kier alpha value is -0.940. The van der Waals surface area contributed by atoms with Gasteiger partial charge in [-0.25, -0.2) is 0 Å². The van der Waals surface area contributed by atoms with Crippen LogP contribution in [0.25, 0.3) is 0 Å². The molecule has 0 aromatic heterocycles. The molecule has 0 aliphatic rings. The van der Waals surface area contributed by atoms with E-state index in [1.54, 1.807) is 6.92 Å². The van der Waals surface area contributed by atoms with Crippen LogP contribution in [0, 0.1) is 0 Å². The van der Waals surface area contributed by atoms with E-state index in [9.17, 15) is 9.59 Å². The summed E-state index contributed by atoms with van der Waals surface area (Å²) in [4.78, 5) is 20.6. The van der Waals surface area contributed by atoms with Crippen molar-refractivity contribution in [1.82, 2.24) is 0 Å². The number of ether oxygens (including phenoxy) is 1. The minimum atomic E-state index is -0.560. The van der Waals surface area contributed by atoms with E-state index < -0.39 is 12.1 Å². The molecule has 0 amide bonds. The minimum absolute atomic E-state index is 0.103. The summed E-state index contributed by atoms with van der Waals surface area (Å²) in [5.41, 5.74) is 0. The van der Waals surface area contributed by atoms with Crippen LogP contribution in [0.1, 0.15) is 27.2 Å². The van der Waals surface area contributed by atoms with Crippen LogP contribution in [0.4, 0.5) is 0 Å². The lowest BCUT2D eigenvalue weighted by Crippen LogP contribution is -2.07. The largest absolute Gasteiger partial charge is 0.466 e. The van der Waals surface area contributed by atoms with E-state index >= 15 is 0 Å². The van der Waals surface area contributed by atoms with Gasteiger partial charge in [-0.15, -0.1) is 0 Å². The van der Waals surface area contributed by atoms with Crippen molar-refractivity contribution in [2.45, 2.75) is 33.3 Å². The molecule has 0 aliphatic heterocycles. The average molecular weight is 206 g/mol. The molecule has 0 aromatic rings. The van der Waals surface area contributed by atoms with Crippen LogP contribution in [0.2, 0.25) is 0 Å². The molecule has 2 N–H and O–H groups in total. The Morgan fingerprint density at radius 1 is 1.43 bits per heavy atom. The Morgan fingerprint density at radius 3 is 2.07 bits per heavy atom. The fourth-order valence-electron chi connectivity index (χ4n) is 0.415. The van der Waals surface area contributed by atoms with Gasteiger partial charge in [0.25, 0.3) is 0 Å². The van der Waals surface area contributed by atoms with E-state index in [-0.39, 0.29) is 18.8 Å². The molecule has 1 atom stereocenters. The van der Waals surface area contributed by atoms with Gasteiger partial charge in [0.15, 0.2) is 0 Å². The van der Waals surface area contributed by atoms with Crippen molar-refractivity contribution in [3.8, 4) is 0 Å². The Balaban J connectivity index is 0. The van der Waals surface area contributed by atoms with Gasteiger partial charge < -0.3 is 14.9 Å². The predicted octanol–water partition coefficient (Wildman–Crippen LogP) is -0.112. The number of ketones is 1. The first kappa shape index (κ1) is 15.5. The van der Waals surface area contributed by atoms with Crippen LogP contribution in [0.5, 0.6) is 0 Å². The van der Waals surface area contributed by atoms with Gasteiger partial charge in [-0.05, 0) is 20.8 Å². The summed E-state index contributed by atoms with van der Waals surface area (Å²) in [6, 6.07) is 0. The van der Waals surface area contributed by atoms with Gasteiger partial charge in [0.1, 0.15) is 12.2 Å². The van der Waals surface area contributed by atoms with Crippen molar-refractivity contribution in [3.05, 3.63) is 0 Å². The zero-order chi connectivity index (χ0) is 11.6. The van der Waals surface area contributed by atoms with Crippen LogP contribution in [-0.2, 0) is 14.3 Å². The molecule has 0 rings (SSSR count). The van der Waals surface area contributed by atoms with Crippen LogP contribution in [0.15, 0.2) is 0 Å². The molecule has 1 unspecified atom stereocenters. The molecule has 5 heteroatoms. The van der Waals surface area contributed by atoms with Gasteiger partial charge in [-0.2, -0.15) is 0 Å². The fourth-order valence-corrected chi connectivity index (χ4v) is 0.415. The molecule has 0 fully saturated rings. The van der Waals surface area contributed by atoms with E-state index in [2.05, 4.69) is 4.74 Å². The van der Waals surface area contributed by atoms with E-state index in [4.69, 9.17) is 10.2 Å². The normalized spacial score (nSPS) is 10.9. The summed E-state index contributed by atoms with van der Waals surface area (Å²) in [6.07, 6.45) is -0.664. The number of Topliss-reactive ketones (excluding diaryl/α,β-unsaturated/α-hetero) is 1. The summed E-state index contributed by atoms with van der Waals surface area (Å²) in [5.74, 6) is -0.599. The third-order valence-corrected chi connectivity index (χ3v) is 0.963. The number of esters is 1. The minimum Gasteiger partial charge on any atom is -0.466 e. The number of rotatable bonds is 4. The summed E-state index contributed by atoms with van der Waals surface area (Å²) < 4.78 is 4.49. The second kappa shape index (κ2) is 10.1. The summed E-state index contributed by atoms with van der Waals surface area (Å²) in [5, 5.41) is 16.0. The number of carbonyl (C=O) groups is 2. The number of aliphatic hydroxyl groups excluding tert-OH is 2. The van der Waals surface area contributed by atoms with Gasteiger partial charge in [0.05, 0.1) is 19.3 Å². The van der Waals surface area contributed by atoms with Gasteiger partial charge in [-0.1, -0.05) is 0 Å². The van der Waals surface area contributed by atoms with Crippen LogP contribution in [0.3, 0.4) is 0 Å². The molecule has 0 spiro atoms. The second-order valence-electron chi connectivity index (χ2n) is 2.72. The van der Waals surface area contributed by atoms with Crippen molar-refractivity contribution in [1.29, 1.82) is 0 Å². The highest BCUT2D eigenvalue weighted by atomic mass is 16.5. The summed E-state index contributed by atoms with van der Waals surface area (Å²) in [6.45, 7) is 4.79. The monoisotopic (exact) mass is 206 g/mol. The first-order valence-corrected chi connectivity index (χ1v) is 4.38. The number of carbonyl (C=O) groups excluding carboxylic acids is 2. The quantitative estimate of drug-likeness (QED) is 0.495. The maximum atomic E-state index is 10.4. The molecule has 14 heavy (non-hydrogen) atoms. The number of hydrogen-bond donors (Lipinski definition) is 2. The lowest BCUT2D eigenvalue weighted by Gasteiger charge is -1.96. The van der Waals surface area contributed by atoms with Crippen LogP contribution >= 0.6 is 0 Å². The highest BCUT2D eigenvalue weighted by molar-refractivity contribution is 5.94. The molecule has 0 aliphatic carbocycles. The van der Waals surface area contributed by atoms with E-state index in [0.29, 0.717) is 6.61 Å². The van der Waals surface area contributed by atoms with E-state index in [1.165, 1.54) is 13.8 Å². The van der Waals surface area contributed by atoms with Gasteiger partial charge in [-0.3, -0.25) is 9.59 Å². The average Bonchev–Trinajstić information content (AvgIpc) is 2.04. The van der Waals surface area contributed by atoms with Crippen LogP contribution < -0.4 is 0 Å². The SMILES string of the molecule is CC(O)CO.CCOC(=O)CC(C)=O. The molecular formula is C9H18O5. The zero-order valence-corrected chi connectivity index (χ0v) is 8.82. The third-order valence-electron chi connectivity index (χ3n) is 0.963. The predicted molar refractivity (Wildman–Crippen MR) is 50.7 cm³/mol. The fraction of sp³-hybridized carbons (Fsp3) is 0.778. The third kappa shape index (κ3) is 17.2. The smallest absolute Gasteiger partial charge is 0.313 e. The second-order valence-corrected chi connectivity index (χ2v) is 2.72. The molecule has 0 heterocycles. The molecule has 5 nitrogen and oxygen atoms in total. The van der Waals surface area contributed by atoms with Crippen molar-refractivity contribution in [2.75, 3.05) is 13.2 Å². The van der Waals surface area contributed by atoms with Crippen molar-refractivity contribution >= 4 is 11.8 Å². The first-order valence-electron chi connectivity index (χ1n) is 4.38. The number of hydrogen-bond acceptors (Lipinski definition) is 5. The molecule has 0 aromatic carbocycles. The molecule has 0 radical (unpaired) electrons. The van der Waals surface area contributed by atoms with Gasteiger partial charge in [0.2, 0.25) is 0 Å². The standard InChI is InChI=1S/C6H10O3.C3H8O2/c1-3-9-6(8)4-5(2)7;1-3(5)2-4/h3-4H2,1-2H3;3-5H,2H2,1H3. The van der Waals surface area contributed by atoms with E-state index in [1.807, 2.05) is 0 Å². The Bertz CT molecular complexity index is 165. The van der Waals surface area contributed by atoms with Crippen molar-refractivity contribution in [3.63, 3.8) is 0 Å². The molecule has 0 saturated heterocycles. The highest BCUT2D eigenvalue weighted by Crippen LogP contribution is 1.86. The lowest BCUT2D eigenvalue weighted by molar-refractivity contribution is -0.145. The Labute approximate surface area is 83.7 Å². The molecule has 0 bridgehead atoms. The van der Waals surface area contributed by atoms with Crippen LogP contribution in [-0.4, -0.2) is 41.3 Å². The van der Waals surface area contributed by atoms with Crippen molar-refractivity contribution in [2.24, 2.45) is 0 Å². The lowest BCUT2D eigenvalue weighted by atomic mass is 10.3. The summed E-state index contributed by atoms with van der Waals surface area (Å²) >= 11 is 0.